The predicted molar refractivity (Wildman–Crippen MR) is 154 cm³/mol. The van der Waals surface area contributed by atoms with Crippen LogP contribution in [0, 0.1) is 0 Å². The summed E-state index contributed by atoms with van der Waals surface area (Å²) in [4.78, 5) is 30.4. The van der Waals surface area contributed by atoms with E-state index in [2.05, 4.69) is 17.2 Å². The molecule has 1 atom stereocenters. The van der Waals surface area contributed by atoms with E-state index in [1.807, 2.05) is 86.0 Å². The summed E-state index contributed by atoms with van der Waals surface area (Å²) in [6, 6.07) is 20.9. The Morgan fingerprint density at radius 2 is 1.68 bits per heavy atom. The fourth-order valence-electron chi connectivity index (χ4n) is 4.56. The van der Waals surface area contributed by atoms with Gasteiger partial charge in [0.2, 0.25) is 16.9 Å². The third-order valence-corrected chi connectivity index (χ3v) is 6.31. The minimum absolute atomic E-state index is 0.128. The molecule has 0 aliphatic rings. The highest BCUT2D eigenvalue weighted by Crippen LogP contribution is 2.31. The van der Waals surface area contributed by atoms with E-state index >= 15 is 0 Å². The summed E-state index contributed by atoms with van der Waals surface area (Å²) in [5.74, 6) is 0.594. The van der Waals surface area contributed by atoms with Crippen LogP contribution in [0.5, 0.6) is 5.75 Å². The third-order valence-electron chi connectivity index (χ3n) is 6.31. The van der Waals surface area contributed by atoms with Gasteiger partial charge in [0, 0.05) is 30.9 Å². The Labute approximate surface area is 235 Å². The number of nitrogens with zero attached hydrogens (tertiary/aromatic N) is 2. The maximum atomic E-state index is 13.1. The SMILES string of the molecule is CCCCOc1c(-c2nccn2C[C@@H](NC(=O)OC(C)(C)C)C(c2ccccc2)c2ccccc2)occc1=O. The lowest BCUT2D eigenvalue weighted by molar-refractivity contribution is 0.0494. The van der Waals surface area contributed by atoms with Gasteiger partial charge in [0.25, 0.3) is 0 Å². The number of benzene rings is 2. The topological polar surface area (TPSA) is 95.6 Å². The summed E-state index contributed by atoms with van der Waals surface area (Å²) in [6.07, 6.45) is 6.00. The third kappa shape index (κ3) is 7.40. The molecule has 0 unspecified atom stereocenters. The van der Waals surface area contributed by atoms with E-state index in [0.717, 1.165) is 24.0 Å². The molecule has 1 N–H and O–H groups in total. The number of nitrogens with one attached hydrogen (secondary N) is 1. The van der Waals surface area contributed by atoms with Crippen molar-refractivity contribution in [3.05, 3.63) is 107 Å². The van der Waals surface area contributed by atoms with Crippen LogP contribution in [-0.2, 0) is 11.3 Å². The number of carbonyl (C=O) groups excluding carboxylic acids is 1. The molecule has 0 saturated carbocycles. The largest absolute Gasteiger partial charge is 0.486 e. The smallest absolute Gasteiger partial charge is 0.407 e. The Morgan fingerprint density at radius 3 is 2.27 bits per heavy atom. The molecular formula is C32H37N3O5. The van der Waals surface area contributed by atoms with Crippen LogP contribution in [0.2, 0.25) is 0 Å². The Hall–Kier alpha value is -4.33. The number of rotatable bonds is 11. The predicted octanol–water partition coefficient (Wildman–Crippen LogP) is 6.41. The molecule has 0 radical (unpaired) electrons. The van der Waals surface area contributed by atoms with Gasteiger partial charge < -0.3 is 23.8 Å². The second-order valence-corrected chi connectivity index (χ2v) is 10.6. The van der Waals surface area contributed by atoms with Gasteiger partial charge in [-0.25, -0.2) is 9.78 Å². The number of imidazole rings is 1. The average Bonchev–Trinajstić information content (AvgIpc) is 3.38. The van der Waals surface area contributed by atoms with E-state index in [1.54, 1.807) is 12.4 Å². The quantitative estimate of drug-likeness (QED) is 0.220. The summed E-state index contributed by atoms with van der Waals surface area (Å²) in [7, 11) is 0. The standard InChI is InChI=1S/C32H37N3O5/c1-5-6-20-38-28-26(36)17-21-39-29(28)30-33-18-19-35(30)22-25(34-31(37)40-32(2,3)4)27(23-13-9-7-10-14-23)24-15-11-8-12-16-24/h7-19,21,25,27H,5-6,20,22H2,1-4H3,(H,34,37)/t25-/m1/s1. The van der Waals surface area contributed by atoms with Gasteiger partial charge in [0.15, 0.2) is 5.82 Å². The lowest BCUT2D eigenvalue weighted by Crippen LogP contribution is -2.45. The Kier molecular flexibility index (Phi) is 9.43. The number of unbranched alkanes of at least 4 members (excludes halogenated alkanes) is 1. The van der Waals surface area contributed by atoms with E-state index in [0.29, 0.717) is 19.0 Å². The van der Waals surface area contributed by atoms with Crippen LogP contribution in [-0.4, -0.2) is 33.9 Å². The molecule has 0 bridgehead atoms. The van der Waals surface area contributed by atoms with Crippen LogP contribution < -0.4 is 15.5 Å². The van der Waals surface area contributed by atoms with Gasteiger partial charge in [-0.05, 0) is 38.3 Å². The zero-order valence-electron chi connectivity index (χ0n) is 23.5. The van der Waals surface area contributed by atoms with E-state index < -0.39 is 17.7 Å². The lowest BCUT2D eigenvalue weighted by atomic mass is 9.85. The zero-order valence-corrected chi connectivity index (χ0v) is 23.5. The molecule has 0 fully saturated rings. The Morgan fingerprint density at radius 1 is 1.02 bits per heavy atom. The second-order valence-electron chi connectivity index (χ2n) is 10.6. The van der Waals surface area contributed by atoms with E-state index in [4.69, 9.17) is 13.9 Å². The fourth-order valence-corrected chi connectivity index (χ4v) is 4.56. The van der Waals surface area contributed by atoms with Crippen LogP contribution >= 0.6 is 0 Å². The first-order chi connectivity index (χ1) is 19.3. The number of aromatic nitrogens is 2. The van der Waals surface area contributed by atoms with Crippen molar-refractivity contribution < 1.29 is 18.7 Å². The summed E-state index contributed by atoms with van der Waals surface area (Å²) in [6.45, 7) is 8.26. The molecule has 8 heteroatoms. The normalized spacial score (nSPS) is 12.2. The number of amides is 1. The highest BCUT2D eigenvalue weighted by atomic mass is 16.6. The van der Waals surface area contributed by atoms with Crippen molar-refractivity contribution >= 4 is 6.09 Å². The molecule has 2 heterocycles. The maximum Gasteiger partial charge on any atom is 0.407 e. The summed E-state index contributed by atoms with van der Waals surface area (Å²) >= 11 is 0. The molecule has 0 saturated heterocycles. The number of ether oxygens (including phenoxy) is 2. The fraction of sp³-hybridized carbons (Fsp3) is 0.344. The molecule has 1 amide bonds. The van der Waals surface area contributed by atoms with Crippen LogP contribution in [0.4, 0.5) is 4.79 Å². The van der Waals surface area contributed by atoms with Gasteiger partial charge in [-0.1, -0.05) is 74.0 Å². The van der Waals surface area contributed by atoms with Crippen molar-refractivity contribution in [1.29, 1.82) is 0 Å². The lowest BCUT2D eigenvalue weighted by Gasteiger charge is -2.31. The highest BCUT2D eigenvalue weighted by Gasteiger charge is 2.30. The molecule has 0 spiro atoms. The molecule has 0 aliphatic heterocycles. The van der Waals surface area contributed by atoms with Crippen LogP contribution in [0.3, 0.4) is 0 Å². The van der Waals surface area contributed by atoms with Gasteiger partial charge in [-0.3, -0.25) is 4.79 Å². The van der Waals surface area contributed by atoms with Gasteiger partial charge in [0.05, 0.1) is 18.9 Å². The number of alkyl carbamates (subject to hydrolysis) is 1. The first-order valence-electron chi connectivity index (χ1n) is 13.6. The Bertz CT molecular complexity index is 1380. The van der Waals surface area contributed by atoms with Gasteiger partial charge >= 0.3 is 6.09 Å². The van der Waals surface area contributed by atoms with Crippen molar-refractivity contribution in [2.45, 2.75) is 64.6 Å². The molecule has 4 rings (SSSR count). The van der Waals surface area contributed by atoms with Crippen LogP contribution in [0.15, 0.2) is 94.6 Å². The van der Waals surface area contributed by atoms with E-state index in [-0.39, 0.29) is 22.9 Å². The van der Waals surface area contributed by atoms with E-state index in [1.165, 1.54) is 12.3 Å². The second kappa shape index (κ2) is 13.2. The highest BCUT2D eigenvalue weighted by molar-refractivity contribution is 5.68. The molecule has 4 aromatic rings. The average molecular weight is 544 g/mol. The molecule has 0 aliphatic carbocycles. The molecule has 2 aromatic heterocycles. The van der Waals surface area contributed by atoms with Gasteiger partial charge in [-0.15, -0.1) is 0 Å². The number of carbonyl (C=O) groups is 1. The molecule has 8 nitrogen and oxygen atoms in total. The summed E-state index contributed by atoms with van der Waals surface area (Å²) < 4.78 is 19.2. The molecule has 40 heavy (non-hydrogen) atoms. The van der Waals surface area contributed by atoms with Gasteiger partial charge in [-0.2, -0.15) is 0 Å². The first-order valence-corrected chi connectivity index (χ1v) is 13.6. The zero-order chi connectivity index (χ0) is 28.5. The first kappa shape index (κ1) is 28.7. The number of hydrogen-bond acceptors (Lipinski definition) is 6. The minimum atomic E-state index is -0.665. The molecule has 210 valence electrons. The van der Waals surface area contributed by atoms with Crippen molar-refractivity contribution in [3.63, 3.8) is 0 Å². The molecule has 2 aromatic carbocycles. The maximum absolute atomic E-state index is 13.1. The van der Waals surface area contributed by atoms with Crippen molar-refractivity contribution in [2.24, 2.45) is 0 Å². The molecular weight excluding hydrogens is 506 g/mol. The van der Waals surface area contributed by atoms with E-state index in [9.17, 15) is 9.59 Å². The number of hydrogen-bond donors (Lipinski definition) is 1. The van der Waals surface area contributed by atoms with Gasteiger partial charge in [0.1, 0.15) is 5.60 Å². The monoisotopic (exact) mass is 543 g/mol. The summed E-state index contributed by atoms with van der Waals surface area (Å²) in [5, 5.41) is 3.12. The summed E-state index contributed by atoms with van der Waals surface area (Å²) in [5.41, 5.74) is 1.13. The van der Waals surface area contributed by atoms with Crippen LogP contribution in [0.1, 0.15) is 57.6 Å². The van der Waals surface area contributed by atoms with Crippen molar-refractivity contribution in [3.8, 4) is 17.3 Å². The van der Waals surface area contributed by atoms with Crippen LogP contribution in [0.25, 0.3) is 11.6 Å². The Balaban J connectivity index is 1.76. The van der Waals surface area contributed by atoms with Crippen molar-refractivity contribution in [1.82, 2.24) is 14.9 Å². The van der Waals surface area contributed by atoms with Crippen molar-refractivity contribution in [2.75, 3.05) is 6.61 Å². The minimum Gasteiger partial charge on any atom is -0.486 e.